The number of hydrogen-bond acceptors (Lipinski definition) is 7. The zero-order chi connectivity index (χ0) is 31.5. The number of phosphoric ester groups is 1. The van der Waals surface area contributed by atoms with Crippen LogP contribution in [-0.2, 0) is 32.7 Å². The first-order valence-corrected chi connectivity index (χ1v) is 17.6. The lowest BCUT2D eigenvalue weighted by atomic mass is 10.1. The molecule has 2 atom stereocenters. The Hall–Kier alpha value is -1.51. The summed E-state index contributed by atoms with van der Waals surface area (Å²) in [6, 6.07) is 0. The molecule has 0 rings (SSSR count). The zero-order valence-corrected chi connectivity index (χ0v) is 28.1. The monoisotopic (exact) mass is 618 g/mol. The number of phosphoric acid groups is 1. The summed E-state index contributed by atoms with van der Waals surface area (Å²) in [5.41, 5.74) is 0. The van der Waals surface area contributed by atoms with Crippen LogP contribution in [0.25, 0.3) is 0 Å². The fourth-order valence-electron chi connectivity index (χ4n) is 3.90. The van der Waals surface area contributed by atoms with Gasteiger partial charge in [-0.15, -0.1) is 0 Å². The minimum Gasteiger partial charge on any atom is -0.462 e. The van der Waals surface area contributed by atoms with E-state index in [1.165, 1.54) is 44.9 Å². The van der Waals surface area contributed by atoms with Crippen LogP contribution in [0.1, 0.15) is 117 Å². The number of ether oxygens (including phenoxy) is 2. The van der Waals surface area contributed by atoms with E-state index >= 15 is 0 Å². The van der Waals surface area contributed by atoms with Crippen molar-refractivity contribution >= 4 is 19.8 Å². The van der Waals surface area contributed by atoms with E-state index in [0.29, 0.717) is 23.9 Å². The molecule has 0 aliphatic heterocycles. The highest BCUT2D eigenvalue weighted by atomic mass is 31.2. The summed E-state index contributed by atoms with van der Waals surface area (Å²) < 4.78 is 33.4. The second-order valence-corrected chi connectivity index (χ2v) is 13.3. The largest absolute Gasteiger partial charge is 0.472 e. The topological polar surface area (TPSA) is 108 Å². The molecule has 42 heavy (non-hydrogen) atoms. The number of carbonyl (C=O) groups is 2. The molecule has 0 aliphatic carbocycles. The minimum atomic E-state index is -4.34. The molecule has 0 bridgehead atoms. The maximum Gasteiger partial charge on any atom is 0.472 e. The van der Waals surface area contributed by atoms with Gasteiger partial charge in [-0.25, -0.2) is 4.57 Å². The second-order valence-electron chi connectivity index (χ2n) is 11.8. The Morgan fingerprint density at radius 3 is 1.93 bits per heavy atom. The maximum atomic E-state index is 12.4. The van der Waals surface area contributed by atoms with E-state index in [0.717, 1.165) is 32.1 Å². The summed E-state index contributed by atoms with van der Waals surface area (Å²) in [6.45, 7) is 3.97. The van der Waals surface area contributed by atoms with Crippen LogP contribution in [0.15, 0.2) is 24.3 Å². The molecule has 0 radical (unpaired) electrons. The third kappa shape index (κ3) is 28.6. The molecule has 0 aliphatic rings. The number of quaternary nitrogens is 1. The van der Waals surface area contributed by atoms with Gasteiger partial charge >= 0.3 is 19.8 Å². The van der Waals surface area contributed by atoms with Gasteiger partial charge in [-0.2, -0.15) is 0 Å². The third-order valence-electron chi connectivity index (χ3n) is 6.45. The van der Waals surface area contributed by atoms with Gasteiger partial charge in [0.2, 0.25) is 0 Å². The second kappa shape index (κ2) is 25.9. The van der Waals surface area contributed by atoms with Crippen LogP contribution in [0, 0.1) is 0 Å². The average Bonchev–Trinajstić information content (AvgIpc) is 2.91. The number of hydrogen-bond donors (Lipinski definition) is 1. The Bertz CT molecular complexity index is 794. The molecule has 0 aromatic heterocycles. The van der Waals surface area contributed by atoms with Gasteiger partial charge in [0.15, 0.2) is 6.10 Å². The van der Waals surface area contributed by atoms with Crippen LogP contribution in [-0.4, -0.2) is 74.9 Å². The summed E-state index contributed by atoms with van der Waals surface area (Å²) in [7, 11) is 1.46. The molecular formula is C32H61NO8P+. The summed E-state index contributed by atoms with van der Waals surface area (Å²) >= 11 is 0. The standard InChI is InChI=1S/C32H60NO8P/c1-6-8-9-10-11-12-13-14-15-16-17-18-19-20-21-22-23-25-32(35)41-30(28-38-31(34)24-7-2)29-40-42(36,37)39-27-26-33(3,4)5/h11-12,14-15,30H,6-10,13,16-29H2,1-5H3/p+1/b12-11-,15-14-. The third-order valence-corrected chi connectivity index (χ3v) is 7.44. The minimum absolute atomic E-state index is 0.0292. The molecule has 0 heterocycles. The molecule has 1 N–H and O–H groups in total. The summed E-state index contributed by atoms with van der Waals surface area (Å²) in [6.07, 6.45) is 23.9. The Morgan fingerprint density at radius 1 is 0.738 bits per heavy atom. The first-order chi connectivity index (χ1) is 20.0. The van der Waals surface area contributed by atoms with Crippen LogP contribution in [0.2, 0.25) is 0 Å². The Kier molecular flexibility index (Phi) is 25.0. The van der Waals surface area contributed by atoms with Crippen molar-refractivity contribution in [3.63, 3.8) is 0 Å². The quantitative estimate of drug-likeness (QED) is 0.0313. The number of nitrogens with zero attached hydrogens (tertiary/aromatic N) is 1. The van der Waals surface area contributed by atoms with Crippen molar-refractivity contribution in [3.05, 3.63) is 24.3 Å². The molecule has 2 unspecified atom stereocenters. The highest BCUT2D eigenvalue weighted by Crippen LogP contribution is 2.43. The average molecular weight is 619 g/mol. The molecule has 0 amide bonds. The van der Waals surface area contributed by atoms with Gasteiger partial charge < -0.3 is 18.9 Å². The molecule has 0 saturated heterocycles. The van der Waals surface area contributed by atoms with Crippen LogP contribution in [0.5, 0.6) is 0 Å². The smallest absolute Gasteiger partial charge is 0.462 e. The molecule has 0 saturated carbocycles. The highest BCUT2D eigenvalue weighted by molar-refractivity contribution is 7.47. The molecule has 9 nitrogen and oxygen atoms in total. The van der Waals surface area contributed by atoms with E-state index in [1.807, 2.05) is 28.1 Å². The number of esters is 2. The van der Waals surface area contributed by atoms with E-state index < -0.39 is 32.5 Å². The number of carbonyl (C=O) groups excluding carboxylic acids is 2. The van der Waals surface area contributed by atoms with Gasteiger partial charge in [0, 0.05) is 12.8 Å². The van der Waals surface area contributed by atoms with E-state index in [9.17, 15) is 19.0 Å². The molecule has 0 fully saturated rings. The fourth-order valence-corrected chi connectivity index (χ4v) is 4.64. The van der Waals surface area contributed by atoms with E-state index in [4.69, 9.17) is 18.5 Å². The van der Waals surface area contributed by atoms with Crippen molar-refractivity contribution in [2.75, 3.05) is 47.5 Å². The Morgan fingerprint density at radius 2 is 1.33 bits per heavy atom. The zero-order valence-electron chi connectivity index (χ0n) is 27.2. The first kappa shape index (κ1) is 40.5. The van der Waals surface area contributed by atoms with Crippen molar-refractivity contribution in [3.8, 4) is 0 Å². The Labute approximate surface area is 256 Å². The molecule has 10 heteroatoms. The number of rotatable bonds is 28. The summed E-state index contributed by atoms with van der Waals surface area (Å²) in [4.78, 5) is 34.1. The van der Waals surface area contributed by atoms with Crippen LogP contribution in [0.4, 0.5) is 0 Å². The van der Waals surface area contributed by atoms with Gasteiger partial charge in [0.1, 0.15) is 19.8 Å². The number of allylic oxidation sites excluding steroid dienone is 4. The van der Waals surface area contributed by atoms with Gasteiger partial charge in [-0.3, -0.25) is 18.6 Å². The normalized spacial score (nSPS) is 14.3. The summed E-state index contributed by atoms with van der Waals surface area (Å²) in [5.74, 6) is -0.872. The molecule has 246 valence electrons. The maximum absolute atomic E-state index is 12.4. The van der Waals surface area contributed by atoms with Crippen LogP contribution in [0.3, 0.4) is 0 Å². The van der Waals surface area contributed by atoms with Gasteiger partial charge in [-0.05, 0) is 44.9 Å². The fraction of sp³-hybridized carbons (Fsp3) is 0.812. The SMILES string of the molecule is CCCCC/C=C\C/C=C\CCCCCCCCCC(=O)OC(COC(=O)CCC)COP(=O)(O)OCC[N+](C)(C)C. The first-order valence-electron chi connectivity index (χ1n) is 16.1. The lowest BCUT2D eigenvalue weighted by molar-refractivity contribution is -0.870. The lowest BCUT2D eigenvalue weighted by Crippen LogP contribution is -2.37. The van der Waals surface area contributed by atoms with E-state index in [-0.39, 0.29) is 26.1 Å². The van der Waals surface area contributed by atoms with Crippen LogP contribution >= 0.6 is 7.82 Å². The van der Waals surface area contributed by atoms with Crippen molar-refractivity contribution in [2.45, 2.75) is 123 Å². The molecule has 0 aromatic rings. The van der Waals surface area contributed by atoms with Gasteiger partial charge in [0.05, 0.1) is 27.7 Å². The van der Waals surface area contributed by atoms with Crippen LogP contribution < -0.4 is 0 Å². The van der Waals surface area contributed by atoms with Crippen molar-refractivity contribution < 1.29 is 42.1 Å². The van der Waals surface area contributed by atoms with E-state index in [2.05, 4.69) is 31.2 Å². The molecule has 0 spiro atoms. The van der Waals surface area contributed by atoms with Crippen molar-refractivity contribution in [1.29, 1.82) is 0 Å². The number of unbranched alkanes of at least 4 members (excludes halogenated alkanes) is 10. The van der Waals surface area contributed by atoms with Gasteiger partial charge in [-0.1, -0.05) is 83.1 Å². The Balaban J connectivity index is 4.17. The van der Waals surface area contributed by atoms with E-state index in [1.54, 1.807) is 0 Å². The summed E-state index contributed by atoms with van der Waals surface area (Å²) in [5, 5.41) is 0. The molecular weight excluding hydrogens is 557 g/mol. The predicted octanol–water partition coefficient (Wildman–Crippen LogP) is 7.68. The van der Waals surface area contributed by atoms with Crippen molar-refractivity contribution in [2.24, 2.45) is 0 Å². The van der Waals surface area contributed by atoms with Gasteiger partial charge in [0.25, 0.3) is 0 Å². The predicted molar refractivity (Wildman–Crippen MR) is 169 cm³/mol. The highest BCUT2D eigenvalue weighted by Gasteiger charge is 2.26. The van der Waals surface area contributed by atoms with Crippen molar-refractivity contribution in [1.82, 2.24) is 0 Å². The number of likely N-dealkylation sites (N-methyl/N-ethyl adjacent to an activating group) is 1. The lowest BCUT2D eigenvalue weighted by Gasteiger charge is -2.24. The molecule has 0 aromatic carbocycles.